The zero-order valence-electron chi connectivity index (χ0n) is 13.1. The number of amides is 1. The van der Waals surface area contributed by atoms with Gasteiger partial charge in [0.1, 0.15) is 11.4 Å². The number of nitrogens with zero attached hydrogens (tertiary/aromatic N) is 1. The summed E-state index contributed by atoms with van der Waals surface area (Å²) in [6, 6.07) is 5.98. The molecule has 0 aliphatic heterocycles. The molecule has 5 nitrogen and oxygen atoms in total. The minimum Gasteiger partial charge on any atom is -0.481 e. The Morgan fingerprint density at radius 2 is 1.77 bits per heavy atom. The van der Waals surface area contributed by atoms with E-state index in [1.54, 1.807) is 32.9 Å². The molecule has 0 saturated heterocycles. The lowest BCUT2D eigenvalue weighted by molar-refractivity contribution is -0.137. The molecule has 1 N–H and O–H groups in total. The number of carbonyl (C=O) groups excluding carboxylic acids is 1. The number of hydrogen-bond acceptors (Lipinski definition) is 3. The van der Waals surface area contributed by atoms with Crippen molar-refractivity contribution in [2.75, 3.05) is 13.1 Å². The average Bonchev–Trinajstić information content (AvgIpc) is 2.38. The molecule has 0 aliphatic carbocycles. The standard InChI is InChI=1S/C16H22FNO4/c1-16(2,3)22-15(21)18(11-9-14(19)20)10-8-12-4-6-13(17)7-5-12/h4-7H,8-11H2,1-3H3,(H,19,20). The van der Waals surface area contributed by atoms with Gasteiger partial charge in [0.2, 0.25) is 0 Å². The van der Waals surface area contributed by atoms with E-state index in [9.17, 15) is 14.0 Å². The van der Waals surface area contributed by atoms with Crippen molar-refractivity contribution in [1.29, 1.82) is 0 Å². The van der Waals surface area contributed by atoms with Gasteiger partial charge in [0.05, 0.1) is 6.42 Å². The Kier molecular flexibility index (Phi) is 6.34. The number of carbonyl (C=O) groups is 2. The Balaban J connectivity index is 2.66. The Hall–Kier alpha value is -2.11. The van der Waals surface area contributed by atoms with E-state index in [-0.39, 0.29) is 18.8 Å². The van der Waals surface area contributed by atoms with E-state index in [0.717, 1.165) is 5.56 Å². The molecule has 0 spiro atoms. The molecule has 0 atom stereocenters. The first-order chi connectivity index (χ1) is 10.2. The SMILES string of the molecule is CC(C)(C)OC(=O)N(CCC(=O)O)CCc1ccc(F)cc1. The van der Waals surface area contributed by atoms with Crippen LogP contribution in [0.15, 0.2) is 24.3 Å². The quantitative estimate of drug-likeness (QED) is 0.876. The molecule has 0 fully saturated rings. The Bertz CT molecular complexity index is 508. The highest BCUT2D eigenvalue weighted by Gasteiger charge is 2.22. The van der Waals surface area contributed by atoms with Crippen molar-refractivity contribution < 1.29 is 23.8 Å². The summed E-state index contributed by atoms with van der Waals surface area (Å²) in [6.45, 7) is 5.64. The molecule has 1 amide bonds. The number of halogens is 1. The molecule has 22 heavy (non-hydrogen) atoms. The molecule has 1 aromatic carbocycles. The van der Waals surface area contributed by atoms with Crippen LogP contribution in [0.1, 0.15) is 32.8 Å². The van der Waals surface area contributed by atoms with Crippen LogP contribution in [0.4, 0.5) is 9.18 Å². The number of carboxylic acids is 1. The molecule has 0 bridgehead atoms. The molecule has 1 aromatic rings. The fourth-order valence-electron chi connectivity index (χ4n) is 1.77. The second-order valence-electron chi connectivity index (χ2n) is 5.99. The molecule has 122 valence electrons. The number of rotatable bonds is 6. The number of aliphatic carboxylic acids is 1. The highest BCUT2D eigenvalue weighted by molar-refractivity contribution is 5.70. The third kappa shape index (κ3) is 7.06. The highest BCUT2D eigenvalue weighted by atomic mass is 19.1. The molecular formula is C16H22FNO4. The summed E-state index contributed by atoms with van der Waals surface area (Å²) in [7, 11) is 0. The average molecular weight is 311 g/mol. The smallest absolute Gasteiger partial charge is 0.410 e. The third-order valence-electron chi connectivity index (χ3n) is 2.83. The fourth-order valence-corrected chi connectivity index (χ4v) is 1.77. The van der Waals surface area contributed by atoms with Gasteiger partial charge in [-0.15, -0.1) is 0 Å². The van der Waals surface area contributed by atoms with Gasteiger partial charge in [-0.2, -0.15) is 0 Å². The van der Waals surface area contributed by atoms with Crippen LogP contribution in [0.25, 0.3) is 0 Å². The van der Waals surface area contributed by atoms with Gasteiger partial charge in [-0.3, -0.25) is 4.79 Å². The highest BCUT2D eigenvalue weighted by Crippen LogP contribution is 2.11. The zero-order chi connectivity index (χ0) is 16.8. The Morgan fingerprint density at radius 3 is 2.27 bits per heavy atom. The molecule has 0 heterocycles. The van der Waals surface area contributed by atoms with E-state index < -0.39 is 17.7 Å². The Labute approximate surface area is 129 Å². The van der Waals surface area contributed by atoms with Gasteiger partial charge in [-0.25, -0.2) is 9.18 Å². The van der Waals surface area contributed by atoms with Crippen molar-refractivity contribution in [3.63, 3.8) is 0 Å². The molecule has 0 aromatic heterocycles. The van der Waals surface area contributed by atoms with E-state index in [1.165, 1.54) is 17.0 Å². The zero-order valence-corrected chi connectivity index (χ0v) is 13.1. The van der Waals surface area contributed by atoms with Crippen molar-refractivity contribution in [3.8, 4) is 0 Å². The predicted octanol–water partition coefficient (Wildman–Crippen LogP) is 3.08. The van der Waals surface area contributed by atoms with Crippen molar-refractivity contribution in [2.24, 2.45) is 0 Å². The second-order valence-corrected chi connectivity index (χ2v) is 5.99. The maximum absolute atomic E-state index is 12.9. The summed E-state index contributed by atoms with van der Waals surface area (Å²) in [6.07, 6.45) is -0.196. The van der Waals surface area contributed by atoms with Gasteiger partial charge in [0, 0.05) is 13.1 Å². The van der Waals surface area contributed by atoms with Crippen LogP contribution in [-0.4, -0.2) is 40.8 Å². The van der Waals surface area contributed by atoms with Gasteiger partial charge in [0.15, 0.2) is 0 Å². The molecule has 1 rings (SSSR count). The van der Waals surface area contributed by atoms with Crippen molar-refractivity contribution in [1.82, 2.24) is 4.90 Å². The summed E-state index contributed by atoms with van der Waals surface area (Å²) in [5.41, 5.74) is 0.222. The van der Waals surface area contributed by atoms with Crippen LogP contribution in [0.3, 0.4) is 0 Å². The number of ether oxygens (including phenoxy) is 1. The minimum absolute atomic E-state index is 0.0748. The summed E-state index contributed by atoms with van der Waals surface area (Å²) in [4.78, 5) is 24.2. The molecule has 0 radical (unpaired) electrons. The van der Waals surface area contributed by atoms with E-state index in [1.807, 2.05) is 0 Å². The second kappa shape index (κ2) is 7.77. The van der Waals surface area contributed by atoms with Gasteiger partial charge in [0.25, 0.3) is 0 Å². The van der Waals surface area contributed by atoms with Crippen LogP contribution < -0.4 is 0 Å². The summed E-state index contributed by atoms with van der Waals surface area (Å²) in [5, 5.41) is 8.77. The van der Waals surface area contributed by atoms with Gasteiger partial charge in [-0.1, -0.05) is 12.1 Å². The maximum Gasteiger partial charge on any atom is 0.410 e. The topological polar surface area (TPSA) is 66.8 Å². The van der Waals surface area contributed by atoms with Gasteiger partial charge < -0.3 is 14.7 Å². The van der Waals surface area contributed by atoms with Gasteiger partial charge >= 0.3 is 12.1 Å². The molecule has 0 unspecified atom stereocenters. The molecule has 0 saturated carbocycles. The van der Waals surface area contributed by atoms with Crippen molar-refractivity contribution in [3.05, 3.63) is 35.6 Å². The van der Waals surface area contributed by atoms with Crippen LogP contribution in [-0.2, 0) is 16.0 Å². The fraction of sp³-hybridized carbons (Fsp3) is 0.500. The first kappa shape index (κ1) is 17.9. The first-order valence-electron chi connectivity index (χ1n) is 7.11. The third-order valence-corrected chi connectivity index (χ3v) is 2.83. The van der Waals surface area contributed by atoms with Crippen LogP contribution >= 0.6 is 0 Å². The molecule has 0 aliphatic rings. The molecule has 6 heteroatoms. The lowest BCUT2D eigenvalue weighted by atomic mass is 10.1. The first-order valence-corrected chi connectivity index (χ1v) is 7.11. The van der Waals surface area contributed by atoms with E-state index in [4.69, 9.17) is 9.84 Å². The summed E-state index contributed by atoms with van der Waals surface area (Å²) < 4.78 is 18.1. The lowest BCUT2D eigenvalue weighted by Gasteiger charge is -2.27. The normalized spacial score (nSPS) is 11.1. The summed E-state index contributed by atoms with van der Waals surface area (Å²) >= 11 is 0. The van der Waals surface area contributed by atoms with Crippen LogP contribution in [0, 0.1) is 5.82 Å². The van der Waals surface area contributed by atoms with Crippen molar-refractivity contribution in [2.45, 2.75) is 39.2 Å². The lowest BCUT2D eigenvalue weighted by Crippen LogP contribution is -2.39. The monoisotopic (exact) mass is 311 g/mol. The number of hydrogen-bond donors (Lipinski definition) is 1. The maximum atomic E-state index is 12.9. The largest absolute Gasteiger partial charge is 0.481 e. The van der Waals surface area contributed by atoms with E-state index in [0.29, 0.717) is 13.0 Å². The van der Waals surface area contributed by atoms with E-state index >= 15 is 0 Å². The predicted molar refractivity (Wildman–Crippen MR) is 80.2 cm³/mol. The minimum atomic E-state index is -0.977. The summed E-state index contributed by atoms with van der Waals surface area (Å²) in [5.74, 6) is -1.30. The van der Waals surface area contributed by atoms with E-state index in [2.05, 4.69) is 0 Å². The number of benzene rings is 1. The van der Waals surface area contributed by atoms with Crippen LogP contribution in [0.2, 0.25) is 0 Å². The number of carboxylic acid groups (broad SMARTS) is 1. The van der Waals surface area contributed by atoms with Crippen molar-refractivity contribution >= 4 is 12.1 Å². The van der Waals surface area contributed by atoms with Crippen LogP contribution in [0.5, 0.6) is 0 Å². The van der Waals surface area contributed by atoms with Gasteiger partial charge in [-0.05, 0) is 44.9 Å². The molecular weight excluding hydrogens is 289 g/mol. The Morgan fingerprint density at radius 1 is 1.18 bits per heavy atom.